The number of aliphatic hydroxyl groups is 2. The van der Waals surface area contributed by atoms with Crippen LogP contribution in [0.2, 0.25) is 0 Å². The van der Waals surface area contributed by atoms with Gasteiger partial charge in [-0.05, 0) is 44.4 Å². The molecule has 0 spiro atoms. The summed E-state index contributed by atoms with van der Waals surface area (Å²) in [6, 6.07) is 15.1. The van der Waals surface area contributed by atoms with Crippen molar-refractivity contribution in [3.63, 3.8) is 0 Å². The maximum absolute atomic E-state index is 10.9. The van der Waals surface area contributed by atoms with Crippen LogP contribution in [0, 0.1) is 5.92 Å². The monoisotopic (exact) mass is 460 g/mol. The van der Waals surface area contributed by atoms with Crippen LogP contribution in [0.5, 0.6) is 11.5 Å². The largest absolute Gasteiger partial charge is 1.00 e. The SMILES string of the molecule is CC(C)(Oc1ccccc1)C(O)C=CC1C(O)CC2Oc3c(CCC(=O)[O-])cccc3C21.[Na+]. The second-order valence-electron chi connectivity index (χ2n) is 9.12. The maximum Gasteiger partial charge on any atom is 1.00 e. The Kier molecular flexibility index (Phi) is 8.30. The molecule has 1 fully saturated rings. The number of hydrogen-bond acceptors (Lipinski definition) is 6. The van der Waals surface area contributed by atoms with Crippen LogP contribution in [-0.2, 0) is 11.2 Å². The summed E-state index contributed by atoms with van der Waals surface area (Å²) in [6.45, 7) is 3.64. The molecular weight excluding hydrogens is 431 g/mol. The summed E-state index contributed by atoms with van der Waals surface area (Å²) in [7, 11) is 0. The van der Waals surface area contributed by atoms with Gasteiger partial charge < -0.3 is 29.6 Å². The fourth-order valence-corrected chi connectivity index (χ4v) is 4.72. The molecule has 1 heterocycles. The molecule has 4 rings (SSSR count). The number of fused-ring (bicyclic) bond motifs is 3. The summed E-state index contributed by atoms with van der Waals surface area (Å²) in [6.07, 6.45) is 2.66. The first-order chi connectivity index (χ1) is 15.3. The summed E-state index contributed by atoms with van der Waals surface area (Å²) in [5.74, 6) is 0.0335. The molecule has 170 valence electrons. The molecule has 7 heteroatoms. The number of carboxylic acids is 1. The molecule has 5 unspecified atom stereocenters. The van der Waals surface area contributed by atoms with Crippen LogP contribution in [0.1, 0.15) is 43.7 Å². The third kappa shape index (κ3) is 5.64. The Hall–Kier alpha value is -1.83. The zero-order chi connectivity index (χ0) is 22.9. The van der Waals surface area contributed by atoms with Crippen LogP contribution in [0.15, 0.2) is 60.7 Å². The van der Waals surface area contributed by atoms with Gasteiger partial charge in [-0.2, -0.15) is 0 Å². The zero-order valence-electron chi connectivity index (χ0n) is 19.3. The smallest absolute Gasteiger partial charge is 0.550 e. The van der Waals surface area contributed by atoms with E-state index in [2.05, 4.69) is 0 Å². The Balaban J connectivity index is 0.00000306. The van der Waals surface area contributed by atoms with E-state index in [4.69, 9.17) is 9.47 Å². The standard InChI is InChI=1S/C26H30O6.Na/c1-26(2,32-17-8-4-3-5-9-17)22(28)13-12-18-20(27)15-21-24(18)19-10-6-7-16(25(19)31-21)11-14-23(29)30;/h3-10,12-13,18,20-22,24,27-28H,11,14-15H2,1-2H3,(H,29,30);/q;+1/p-1. The molecule has 1 saturated carbocycles. The molecule has 0 radical (unpaired) electrons. The molecular formula is C26H29NaO6. The summed E-state index contributed by atoms with van der Waals surface area (Å²) >= 11 is 0. The average molecular weight is 461 g/mol. The van der Waals surface area contributed by atoms with Crippen molar-refractivity contribution < 1.29 is 59.1 Å². The van der Waals surface area contributed by atoms with Gasteiger partial charge in [-0.1, -0.05) is 48.6 Å². The predicted molar refractivity (Wildman–Crippen MR) is 117 cm³/mol. The summed E-state index contributed by atoms with van der Waals surface area (Å²) in [5.41, 5.74) is 0.963. The number of carboxylic acid groups (broad SMARTS) is 1. The number of hydrogen-bond donors (Lipinski definition) is 2. The van der Waals surface area contributed by atoms with E-state index in [1.165, 1.54) is 0 Å². The molecule has 2 aliphatic rings. The van der Waals surface area contributed by atoms with Crippen molar-refractivity contribution in [1.82, 2.24) is 0 Å². The van der Waals surface area contributed by atoms with Gasteiger partial charge in [0.2, 0.25) is 0 Å². The van der Waals surface area contributed by atoms with Gasteiger partial charge in [-0.3, -0.25) is 0 Å². The van der Waals surface area contributed by atoms with Gasteiger partial charge in [0.1, 0.15) is 29.3 Å². The fraction of sp³-hybridized carbons (Fsp3) is 0.423. The topological polar surface area (TPSA) is 99.1 Å². The van der Waals surface area contributed by atoms with E-state index in [1.807, 2.05) is 68.5 Å². The van der Waals surface area contributed by atoms with E-state index in [1.54, 1.807) is 6.08 Å². The van der Waals surface area contributed by atoms with Gasteiger partial charge in [0.15, 0.2) is 0 Å². The van der Waals surface area contributed by atoms with Gasteiger partial charge in [0.25, 0.3) is 0 Å². The number of aliphatic hydroxyl groups excluding tert-OH is 2. The van der Waals surface area contributed by atoms with Crippen LogP contribution >= 0.6 is 0 Å². The second kappa shape index (κ2) is 10.6. The normalized spacial score (nSPS) is 24.5. The van der Waals surface area contributed by atoms with Crippen molar-refractivity contribution >= 4 is 5.97 Å². The minimum atomic E-state index is -1.09. The summed E-state index contributed by atoms with van der Waals surface area (Å²) in [4.78, 5) is 10.9. The molecule has 0 amide bonds. The minimum Gasteiger partial charge on any atom is -0.550 e. The minimum absolute atomic E-state index is 0. The van der Waals surface area contributed by atoms with E-state index in [9.17, 15) is 20.1 Å². The van der Waals surface area contributed by atoms with Crippen LogP contribution in [0.4, 0.5) is 0 Å². The molecule has 1 aliphatic heterocycles. The Morgan fingerprint density at radius 1 is 1.24 bits per heavy atom. The Labute approximate surface area is 216 Å². The summed E-state index contributed by atoms with van der Waals surface area (Å²) < 4.78 is 12.1. The fourth-order valence-electron chi connectivity index (χ4n) is 4.72. The predicted octanol–water partition coefficient (Wildman–Crippen LogP) is -0.627. The Morgan fingerprint density at radius 3 is 2.67 bits per heavy atom. The Morgan fingerprint density at radius 2 is 1.97 bits per heavy atom. The number of benzene rings is 2. The van der Waals surface area contributed by atoms with E-state index in [-0.39, 0.29) is 53.9 Å². The quantitative estimate of drug-likeness (QED) is 0.402. The number of carbonyl (C=O) groups is 1. The van der Waals surface area contributed by atoms with E-state index < -0.39 is 23.8 Å². The number of aliphatic carboxylic acids is 1. The van der Waals surface area contributed by atoms with Crippen LogP contribution in [-0.4, -0.2) is 40.1 Å². The molecule has 1 aliphatic carbocycles. The van der Waals surface area contributed by atoms with E-state index in [0.29, 0.717) is 18.6 Å². The molecule has 0 aromatic heterocycles. The molecule has 5 atom stereocenters. The van der Waals surface area contributed by atoms with Crippen molar-refractivity contribution in [2.24, 2.45) is 5.92 Å². The average Bonchev–Trinajstić information content (AvgIpc) is 3.25. The Bertz CT molecular complexity index is 990. The molecule has 2 N–H and O–H groups in total. The van der Waals surface area contributed by atoms with Gasteiger partial charge in [0, 0.05) is 29.8 Å². The number of para-hydroxylation sites is 2. The number of rotatable bonds is 8. The molecule has 2 aromatic carbocycles. The first kappa shape index (κ1) is 25.8. The third-order valence-electron chi connectivity index (χ3n) is 6.44. The molecule has 0 saturated heterocycles. The third-order valence-corrected chi connectivity index (χ3v) is 6.44. The van der Waals surface area contributed by atoms with Crippen LogP contribution in [0.3, 0.4) is 0 Å². The van der Waals surface area contributed by atoms with Gasteiger partial charge >= 0.3 is 29.6 Å². The van der Waals surface area contributed by atoms with Gasteiger partial charge in [0.05, 0.1) is 6.10 Å². The van der Waals surface area contributed by atoms with Crippen molar-refractivity contribution in [3.8, 4) is 11.5 Å². The van der Waals surface area contributed by atoms with E-state index >= 15 is 0 Å². The molecule has 6 nitrogen and oxygen atoms in total. The van der Waals surface area contributed by atoms with E-state index in [0.717, 1.165) is 16.9 Å². The van der Waals surface area contributed by atoms with Crippen molar-refractivity contribution in [2.75, 3.05) is 0 Å². The van der Waals surface area contributed by atoms with Crippen molar-refractivity contribution in [3.05, 3.63) is 71.8 Å². The maximum atomic E-state index is 10.9. The van der Waals surface area contributed by atoms with Gasteiger partial charge in [-0.15, -0.1) is 0 Å². The number of ether oxygens (including phenoxy) is 2. The van der Waals surface area contributed by atoms with Crippen LogP contribution < -0.4 is 44.1 Å². The summed E-state index contributed by atoms with van der Waals surface area (Å²) in [5, 5.41) is 32.4. The van der Waals surface area contributed by atoms with Gasteiger partial charge in [-0.25, -0.2) is 0 Å². The molecule has 2 aromatic rings. The van der Waals surface area contributed by atoms with Crippen LogP contribution in [0.25, 0.3) is 0 Å². The zero-order valence-corrected chi connectivity index (χ0v) is 21.3. The van der Waals surface area contributed by atoms with Crippen molar-refractivity contribution in [1.29, 1.82) is 0 Å². The number of carbonyl (C=O) groups excluding carboxylic acids is 1. The molecule has 33 heavy (non-hydrogen) atoms. The van der Waals surface area contributed by atoms with Crippen molar-refractivity contribution in [2.45, 2.75) is 62.9 Å². The number of aryl methyl sites for hydroxylation is 1. The second-order valence-corrected chi connectivity index (χ2v) is 9.12. The first-order valence-corrected chi connectivity index (χ1v) is 11.0. The molecule has 0 bridgehead atoms. The first-order valence-electron chi connectivity index (χ1n) is 11.0.